The average molecular weight is 206 g/mol. The third-order valence-electron chi connectivity index (χ3n) is 1.79. The molecule has 0 aliphatic heterocycles. The minimum Gasteiger partial charge on any atom is -0.494 e. The van der Waals surface area contributed by atoms with E-state index in [1.807, 2.05) is 38.1 Å². The van der Waals surface area contributed by atoms with E-state index in [1.165, 1.54) is 0 Å². The molecular weight excluding hydrogens is 192 g/mol. The molecule has 0 saturated heterocycles. The van der Waals surface area contributed by atoms with Crippen molar-refractivity contribution in [3.05, 3.63) is 29.8 Å². The van der Waals surface area contributed by atoms with Gasteiger partial charge in [0.2, 0.25) is 0 Å². The maximum atomic E-state index is 5.49. The van der Waals surface area contributed by atoms with Gasteiger partial charge in [-0.25, -0.2) is 0 Å². The predicted octanol–water partition coefficient (Wildman–Crippen LogP) is 3.08. The second kappa shape index (κ2) is 5.62. The minimum absolute atomic E-state index is 0.0669. The Morgan fingerprint density at radius 2 is 2.14 bits per heavy atom. The summed E-state index contributed by atoms with van der Waals surface area (Å²) in [6, 6.07) is 7.86. The van der Waals surface area contributed by atoms with Crippen LogP contribution in [0.5, 0.6) is 5.75 Å². The van der Waals surface area contributed by atoms with E-state index >= 15 is 0 Å². The molecule has 1 rings (SSSR count). The van der Waals surface area contributed by atoms with Crippen molar-refractivity contribution >= 4 is 12.6 Å². The van der Waals surface area contributed by atoms with E-state index in [0.29, 0.717) is 6.61 Å². The first kappa shape index (κ1) is 11.0. The van der Waals surface area contributed by atoms with Gasteiger partial charge in [0.25, 0.3) is 0 Å². The molecule has 1 atom stereocenters. The molecular formula is C12H14OS. The lowest BCUT2D eigenvalue weighted by atomic mass is 10.1. The summed E-state index contributed by atoms with van der Waals surface area (Å²) < 4.78 is 5.49. The fourth-order valence-electron chi connectivity index (χ4n) is 1.21. The van der Waals surface area contributed by atoms with Crippen molar-refractivity contribution in [1.82, 2.24) is 0 Å². The van der Waals surface area contributed by atoms with Gasteiger partial charge in [0.05, 0.1) is 11.9 Å². The van der Waals surface area contributed by atoms with Crippen LogP contribution in [0.15, 0.2) is 24.3 Å². The first-order valence-corrected chi connectivity index (χ1v) is 5.13. The van der Waals surface area contributed by atoms with Crippen molar-refractivity contribution in [2.24, 2.45) is 0 Å². The monoisotopic (exact) mass is 206 g/mol. The summed E-state index contributed by atoms with van der Waals surface area (Å²) in [5.74, 6) is 6.72. The van der Waals surface area contributed by atoms with Crippen LogP contribution in [-0.4, -0.2) is 6.61 Å². The van der Waals surface area contributed by atoms with E-state index < -0.39 is 0 Å². The summed E-state index contributed by atoms with van der Waals surface area (Å²) in [7, 11) is 0. The molecule has 0 radical (unpaired) electrons. The smallest absolute Gasteiger partial charge is 0.124 e. The van der Waals surface area contributed by atoms with Crippen molar-refractivity contribution in [3.8, 4) is 17.6 Å². The molecule has 0 heterocycles. The number of rotatable bonds is 3. The molecule has 0 aliphatic carbocycles. The summed E-state index contributed by atoms with van der Waals surface area (Å²) in [6.07, 6.45) is 0. The van der Waals surface area contributed by atoms with Crippen LogP contribution >= 0.6 is 12.6 Å². The second-order valence-corrected chi connectivity index (χ2v) is 3.28. The minimum atomic E-state index is -0.0669. The number of para-hydroxylation sites is 1. The lowest BCUT2D eigenvalue weighted by Crippen LogP contribution is -1.97. The number of benzene rings is 1. The van der Waals surface area contributed by atoms with E-state index in [-0.39, 0.29) is 5.25 Å². The highest BCUT2D eigenvalue weighted by Gasteiger charge is 2.08. The molecule has 0 aliphatic rings. The first-order valence-electron chi connectivity index (χ1n) is 4.61. The Hall–Kier alpha value is -1.07. The fraction of sp³-hybridized carbons (Fsp3) is 0.333. The van der Waals surface area contributed by atoms with Crippen LogP contribution < -0.4 is 4.74 Å². The standard InChI is InChI=1S/C12H14OS/c1-3-7-12(14)10-8-5-6-9-11(10)13-4-2/h5-6,8-9,12,14H,4H2,1-2H3. The maximum absolute atomic E-state index is 5.49. The summed E-state index contributed by atoms with van der Waals surface area (Å²) in [5.41, 5.74) is 1.03. The molecule has 14 heavy (non-hydrogen) atoms. The Balaban J connectivity index is 2.97. The van der Waals surface area contributed by atoms with Gasteiger partial charge in [-0.2, -0.15) is 12.6 Å². The van der Waals surface area contributed by atoms with Gasteiger partial charge in [0, 0.05) is 5.56 Å². The van der Waals surface area contributed by atoms with Crippen molar-refractivity contribution in [1.29, 1.82) is 0 Å². The normalized spacial score (nSPS) is 11.4. The zero-order valence-electron chi connectivity index (χ0n) is 8.45. The van der Waals surface area contributed by atoms with Crippen molar-refractivity contribution in [2.75, 3.05) is 6.61 Å². The molecule has 0 amide bonds. The van der Waals surface area contributed by atoms with Gasteiger partial charge < -0.3 is 4.74 Å². The Kier molecular flexibility index (Phi) is 4.42. The van der Waals surface area contributed by atoms with Crippen LogP contribution in [0.4, 0.5) is 0 Å². The van der Waals surface area contributed by atoms with Crippen LogP contribution in [-0.2, 0) is 0 Å². The lowest BCUT2D eigenvalue weighted by Gasteiger charge is -2.11. The Labute approximate surface area is 90.9 Å². The Morgan fingerprint density at radius 1 is 1.43 bits per heavy atom. The van der Waals surface area contributed by atoms with Crippen LogP contribution in [0.25, 0.3) is 0 Å². The van der Waals surface area contributed by atoms with Gasteiger partial charge in [-0.3, -0.25) is 0 Å². The first-order chi connectivity index (χ1) is 6.79. The van der Waals surface area contributed by atoms with Crippen LogP contribution in [0.1, 0.15) is 24.7 Å². The van der Waals surface area contributed by atoms with Gasteiger partial charge in [-0.15, -0.1) is 5.92 Å². The number of hydrogen-bond acceptors (Lipinski definition) is 2. The van der Waals surface area contributed by atoms with Gasteiger partial charge in [-0.05, 0) is 19.9 Å². The lowest BCUT2D eigenvalue weighted by molar-refractivity contribution is 0.337. The van der Waals surface area contributed by atoms with Gasteiger partial charge >= 0.3 is 0 Å². The molecule has 0 saturated carbocycles. The predicted molar refractivity (Wildman–Crippen MR) is 62.8 cm³/mol. The van der Waals surface area contributed by atoms with E-state index in [0.717, 1.165) is 11.3 Å². The van der Waals surface area contributed by atoms with Crippen LogP contribution in [0.3, 0.4) is 0 Å². The summed E-state index contributed by atoms with van der Waals surface area (Å²) in [6.45, 7) is 4.44. The van der Waals surface area contributed by atoms with Crippen molar-refractivity contribution < 1.29 is 4.74 Å². The van der Waals surface area contributed by atoms with Gasteiger partial charge in [0.1, 0.15) is 5.75 Å². The average Bonchev–Trinajstić information content (AvgIpc) is 2.19. The highest BCUT2D eigenvalue weighted by molar-refractivity contribution is 7.80. The van der Waals surface area contributed by atoms with Crippen molar-refractivity contribution in [2.45, 2.75) is 19.1 Å². The summed E-state index contributed by atoms with van der Waals surface area (Å²) in [4.78, 5) is 0. The van der Waals surface area contributed by atoms with Gasteiger partial charge in [-0.1, -0.05) is 24.1 Å². The molecule has 1 nitrogen and oxygen atoms in total. The third kappa shape index (κ3) is 2.71. The third-order valence-corrected chi connectivity index (χ3v) is 2.20. The zero-order valence-corrected chi connectivity index (χ0v) is 9.34. The van der Waals surface area contributed by atoms with Gasteiger partial charge in [0.15, 0.2) is 0 Å². The van der Waals surface area contributed by atoms with E-state index in [1.54, 1.807) is 0 Å². The SMILES string of the molecule is CC#CC(S)c1ccccc1OCC. The molecule has 0 fully saturated rings. The molecule has 1 unspecified atom stereocenters. The summed E-state index contributed by atoms with van der Waals surface area (Å²) >= 11 is 4.41. The second-order valence-electron chi connectivity index (χ2n) is 2.77. The largest absolute Gasteiger partial charge is 0.494 e. The maximum Gasteiger partial charge on any atom is 0.124 e. The molecule has 1 aromatic rings. The molecule has 74 valence electrons. The quantitative estimate of drug-likeness (QED) is 0.590. The summed E-state index contributed by atoms with van der Waals surface area (Å²) in [5, 5.41) is -0.0669. The fourth-order valence-corrected chi connectivity index (χ4v) is 1.55. The zero-order chi connectivity index (χ0) is 10.4. The van der Waals surface area contributed by atoms with Crippen LogP contribution in [0, 0.1) is 11.8 Å². The number of ether oxygens (including phenoxy) is 1. The Bertz CT molecular complexity index is 349. The Morgan fingerprint density at radius 3 is 2.79 bits per heavy atom. The highest BCUT2D eigenvalue weighted by Crippen LogP contribution is 2.28. The molecule has 0 spiro atoms. The molecule has 2 heteroatoms. The van der Waals surface area contributed by atoms with Crippen LogP contribution in [0.2, 0.25) is 0 Å². The molecule has 1 aromatic carbocycles. The number of thiol groups is 1. The molecule has 0 N–H and O–H groups in total. The molecule has 0 aromatic heterocycles. The van der Waals surface area contributed by atoms with E-state index in [9.17, 15) is 0 Å². The highest BCUT2D eigenvalue weighted by atomic mass is 32.1. The van der Waals surface area contributed by atoms with Crippen molar-refractivity contribution in [3.63, 3.8) is 0 Å². The van der Waals surface area contributed by atoms with E-state index in [4.69, 9.17) is 4.74 Å². The van der Waals surface area contributed by atoms with E-state index in [2.05, 4.69) is 24.5 Å². The molecule has 0 bridgehead atoms. The topological polar surface area (TPSA) is 9.23 Å². The number of hydrogen-bond donors (Lipinski definition) is 1.